The van der Waals surface area contributed by atoms with Crippen molar-refractivity contribution >= 4 is 11.9 Å². The van der Waals surface area contributed by atoms with E-state index in [4.69, 9.17) is 5.11 Å². The molecule has 0 spiro atoms. The molecule has 0 saturated carbocycles. The van der Waals surface area contributed by atoms with Gasteiger partial charge in [-0.1, -0.05) is 0 Å². The summed E-state index contributed by atoms with van der Waals surface area (Å²) in [6, 6.07) is 0. The average molecular weight is 170 g/mol. The number of nitrogens with one attached hydrogen (secondary N) is 2. The molecule has 1 amide bonds. The van der Waals surface area contributed by atoms with Crippen LogP contribution >= 0.6 is 0 Å². The molecule has 1 rings (SSSR count). The Bertz CT molecular complexity index is 234. The van der Waals surface area contributed by atoms with Crippen LogP contribution in [0.1, 0.15) is 12.8 Å². The first-order valence-electron chi connectivity index (χ1n) is 3.59. The zero-order chi connectivity index (χ0) is 8.81. The molecular formula is C6H10N4O2. The highest BCUT2D eigenvalue weighted by atomic mass is 16.3. The molecule has 0 aliphatic heterocycles. The molecule has 0 aliphatic carbocycles. The monoisotopic (exact) mass is 170 g/mol. The third-order valence-corrected chi connectivity index (χ3v) is 1.23. The Morgan fingerprint density at radius 1 is 1.75 bits per heavy atom. The van der Waals surface area contributed by atoms with Gasteiger partial charge in [0.05, 0.1) is 0 Å². The molecule has 0 aliphatic rings. The Morgan fingerprint density at radius 2 is 2.58 bits per heavy atom. The summed E-state index contributed by atoms with van der Waals surface area (Å²) in [5, 5.41) is 16.9. The number of hydrogen-bond acceptors (Lipinski definition) is 4. The van der Waals surface area contributed by atoms with Crippen molar-refractivity contribution in [1.82, 2.24) is 15.2 Å². The number of anilines is 1. The summed E-state index contributed by atoms with van der Waals surface area (Å²) in [7, 11) is 0. The SMILES string of the molecule is O=C(CCCO)Nc1ncn[nH]1. The minimum absolute atomic E-state index is 0.0177. The molecule has 12 heavy (non-hydrogen) atoms. The van der Waals surface area contributed by atoms with Gasteiger partial charge in [0.15, 0.2) is 0 Å². The van der Waals surface area contributed by atoms with Gasteiger partial charge >= 0.3 is 0 Å². The van der Waals surface area contributed by atoms with Crippen molar-refractivity contribution in [2.45, 2.75) is 12.8 Å². The molecule has 0 saturated heterocycles. The van der Waals surface area contributed by atoms with Crippen molar-refractivity contribution in [3.63, 3.8) is 0 Å². The summed E-state index contributed by atoms with van der Waals surface area (Å²) in [6.07, 6.45) is 2.05. The number of H-pyrrole nitrogens is 1. The number of rotatable bonds is 4. The van der Waals surface area contributed by atoms with Crippen LogP contribution in [-0.2, 0) is 4.79 Å². The van der Waals surface area contributed by atoms with Crippen molar-refractivity contribution in [1.29, 1.82) is 0 Å². The molecule has 0 unspecified atom stereocenters. The molecule has 66 valence electrons. The number of hydrogen-bond donors (Lipinski definition) is 3. The summed E-state index contributed by atoms with van der Waals surface area (Å²) < 4.78 is 0. The first-order chi connectivity index (χ1) is 5.83. The van der Waals surface area contributed by atoms with Crippen LogP contribution in [0.5, 0.6) is 0 Å². The topological polar surface area (TPSA) is 90.9 Å². The number of aromatic nitrogens is 3. The van der Waals surface area contributed by atoms with Crippen LogP contribution in [0.25, 0.3) is 0 Å². The number of aromatic amines is 1. The van der Waals surface area contributed by atoms with Crippen LogP contribution in [0.15, 0.2) is 6.33 Å². The average Bonchev–Trinajstić information content (AvgIpc) is 2.53. The van der Waals surface area contributed by atoms with Crippen molar-refractivity contribution in [2.75, 3.05) is 11.9 Å². The number of aliphatic hydroxyl groups excluding tert-OH is 1. The minimum atomic E-state index is -0.180. The van der Waals surface area contributed by atoms with E-state index in [1.165, 1.54) is 6.33 Å². The van der Waals surface area contributed by atoms with E-state index >= 15 is 0 Å². The van der Waals surface area contributed by atoms with Crippen molar-refractivity contribution in [3.05, 3.63) is 6.33 Å². The standard InChI is InChI=1S/C6H10N4O2/c11-3-1-2-5(12)9-6-7-4-8-10-6/h4,11H,1-3H2,(H2,7,8,9,10,12). The van der Waals surface area contributed by atoms with Crippen LogP contribution in [0.2, 0.25) is 0 Å². The molecule has 0 fully saturated rings. The molecule has 0 aromatic carbocycles. The van der Waals surface area contributed by atoms with E-state index in [1.807, 2.05) is 0 Å². The minimum Gasteiger partial charge on any atom is -0.396 e. The Labute approximate surface area is 69.0 Å². The molecule has 0 atom stereocenters. The quantitative estimate of drug-likeness (QED) is 0.569. The number of amides is 1. The second kappa shape index (κ2) is 4.45. The van der Waals surface area contributed by atoms with Gasteiger partial charge in [0.25, 0.3) is 0 Å². The summed E-state index contributed by atoms with van der Waals surface area (Å²) in [5.41, 5.74) is 0. The molecule has 0 bridgehead atoms. The van der Waals surface area contributed by atoms with Crippen LogP contribution in [0.4, 0.5) is 5.95 Å². The number of aliphatic hydroxyl groups is 1. The Morgan fingerprint density at radius 3 is 3.17 bits per heavy atom. The van der Waals surface area contributed by atoms with Crippen molar-refractivity contribution < 1.29 is 9.90 Å². The molecule has 6 heteroatoms. The molecular weight excluding hydrogens is 160 g/mol. The fraction of sp³-hybridized carbons (Fsp3) is 0.500. The van der Waals surface area contributed by atoms with Gasteiger partial charge in [0.2, 0.25) is 11.9 Å². The van der Waals surface area contributed by atoms with Gasteiger partial charge < -0.3 is 5.11 Å². The Hall–Kier alpha value is -1.43. The fourth-order valence-electron chi connectivity index (χ4n) is 0.700. The van der Waals surface area contributed by atoms with Gasteiger partial charge in [-0.25, -0.2) is 5.10 Å². The summed E-state index contributed by atoms with van der Waals surface area (Å²) in [6.45, 7) is 0.0177. The lowest BCUT2D eigenvalue weighted by atomic mass is 10.3. The van der Waals surface area contributed by atoms with E-state index in [-0.39, 0.29) is 18.9 Å². The van der Waals surface area contributed by atoms with Gasteiger partial charge in [-0.15, -0.1) is 0 Å². The van der Waals surface area contributed by atoms with Gasteiger partial charge in [-0.2, -0.15) is 10.1 Å². The highest BCUT2D eigenvalue weighted by Gasteiger charge is 2.02. The van der Waals surface area contributed by atoms with Gasteiger partial charge in [0.1, 0.15) is 6.33 Å². The predicted octanol–water partition coefficient (Wildman–Crippen LogP) is -0.484. The lowest BCUT2D eigenvalue weighted by Gasteiger charge is -1.98. The second-order valence-corrected chi connectivity index (χ2v) is 2.21. The van der Waals surface area contributed by atoms with E-state index in [2.05, 4.69) is 20.5 Å². The van der Waals surface area contributed by atoms with E-state index in [9.17, 15) is 4.79 Å². The second-order valence-electron chi connectivity index (χ2n) is 2.21. The number of nitrogens with zero attached hydrogens (tertiary/aromatic N) is 2. The highest BCUT2D eigenvalue weighted by molar-refractivity contribution is 5.88. The summed E-state index contributed by atoms with van der Waals surface area (Å²) in [5.74, 6) is 0.152. The first-order valence-corrected chi connectivity index (χ1v) is 3.59. The van der Waals surface area contributed by atoms with E-state index < -0.39 is 0 Å². The first kappa shape index (κ1) is 8.66. The normalized spacial score (nSPS) is 9.75. The number of carbonyl (C=O) groups excluding carboxylic acids is 1. The van der Waals surface area contributed by atoms with Gasteiger partial charge in [-0.3, -0.25) is 10.1 Å². The van der Waals surface area contributed by atoms with Crippen LogP contribution < -0.4 is 5.32 Å². The molecule has 3 N–H and O–H groups in total. The van der Waals surface area contributed by atoms with Crippen LogP contribution in [0, 0.1) is 0 Å². The van der Waals surface area contributed by atoms with Crippen molar-refractivity contribution in [2.24, 2.45) is 0 Å². The van der Waals surface area contributed by atoms with E-state index in [0.29, 0.717) is 12.4 Å². The van der Waals surface area contributed by atoms with E-state index in [1.54, 1.807) is 0 Å². The summed E-state index contributed by atoms with van der Waals surface area (Å²) >= 11 is 0. The molecule has 1 aromatic heterocycles. The highest BCUT2D eigenvalue weighted by Crippen LogP contribution is 1.95. The van der Waals surface area contributed by atoms with Gasteiger partial charge in [0, 0.05) is 13.0 Å². The third kappa shape index (κ3) is 2.67. The van der Waals surface area contributed by atoms with Crippen LogP contribution in [-0.4, -0.2) is 32.8 Å². The zero-order valence-electron chi connectivity index (χ0n) is 6.45. The Kier molecular flexibility index (Phi) is 3.21. The fourth-order valence-corrected chi connectivity index (χ4v) is 0.700. The largest absolute Gasteiger partial charge is 0.396 e. The molecule has 0 radical (unpaired) electrons. The lowest BCUT2D eigenvalue weighted by Crippen LogP contribution is -2.12. The summed E-state index contributed by atoms with van der Waals surface area (Å²) in [4.78, 5) is 14.7. The molecule has 1 heterocycles. The molecule has 1 aromatic rings. The third-order valence-electron chi connectivity index (χ3n) is 1.23. The maximum Gasteiger partial charge on any atom is 0.226 e. The van der Waals surface area contributed by atoms with Crippen LogP contribution in [0.3, 0.4) is 0 Å². The maximum atomic E-state index is 11.0. The van der Waals surface area contributed by atoms with E-state index in [0.717, 1.165) is 0 Å². The predicted molar refractivity (Wildman–Crippen MR) is 41.3 cm³/mol. The lowest BCUT2D eigenvalue weighted by molar-refractivity contribution is -0.116. The number of carbonyl (C=O) groups is 1. The molecule has 6 nitrogen and oxygen atoms in total. The Balaban J connectivity index is 2.27. The smallest absolute Gasteiger partial charge is 0.226 e. The van der Waals surface area contributed by atoms with Gasteiger partial charge in [-0.05, 0) is 6.42 Å². The maximum absolute atomic E-state index is 11.0. The van der Waals surface area contributed by atoms with Crippen molar-refractivity contribution in [3.8, 4) is 0 Å². The zero-order valence-corrected chi connectivity index (χ0v) is 6.45.